The van der Waals surface area contributed by atoms with Crippen LogP contribution < -0.4 is 10.1 Å². The predicted octanol–water partition coefficient (Wildman–Crippen LogP) is 3.00. The summed E-state index contributed by atoms with van der Waals surface area (Å²) in [4.78, 5) is 0. The van der Waals surface area contributed by atoms with Gasteiger partial charge in [-0.15, -0.1) is 0 Å². The smallest absolute Gasteiger partial charge is 0.156 e. The SMILES string of the molecule is COCCCNCCOc1c(Cl)cccc1Cl. The molecule has 17 heavy (non-hydrogen) atoms. The third-order valence-corrected chi connectivity index (χ3v) is 2.74. The standard InChI is InChI=1S/C12H17Cl2NO2/c1-16-8-3-6-15-7-9-17-12-10(13)4-2-5-11(12)14/h2,4-5,15H,3,6-9H2,1H3. The van der Waals surface area contributed by atoms with Crippen molar-refractivity contribution in [1.82, 2.24) is 5.32 Å². The highest BCUT2D eigenvalue weighted by molar-refractivity contribution is 6.37. The number of hydrogen-bond acceptors (Lipinski definition) is 3. The summed E-state index contributed by atoms with van der Waals surface area (Å²) in [5.74, 6) is 0.550. The molecule has 0 amide bonds. The van der Waals surface area contributed by atoms with Crippen molar-refractivity contribution >= 4 is 23.2 Å². The van der Waals surface area contributed by atoms with Gasteiger partial charge in [0.15, 0.2) is 5.75 Å². The van der Waals surface area contributed by atoms with Crippen LogP contribution in [-0.2, 0) is 4.74 Å². The molecule has 1 rings (SSSR count). The van der Waals surface area contributed by atoms with Crippen molar-refractivity contribution < 1.29 is 9.47 Å². The molecule has 0 aliphatic carbocycles. The van der Waals surface area contributed by atoms with Crippen LogP contribution in [-0.4, -0.2) is 33.4 Å². The van der Waals surface area contributed by atoms with Crippen molar-refractivity contribution in [2.75, 3.05) is 33.4 Å². The number of hydrogen-bond donors (Lipinski definition) is 1. The summed E-state index contributed by atoms with van der Waals surface area (Å²) >= 11 is 11.9. The molecular weight excluding hydrogens is 261 g/mol. The average molecular weight is 278 g/mol. The lowest BCUT2D eigenvalue weighted by Crippen LogP contribution is -2.23. The van der Waals surface area contributed by atoms with Gasteiger partial charge in [0.25, 0.3) is 0 Å². The van der Waals surface area contributed by atoms with E-state index >= 15 is 0 Å². The molecule has 0 atom stereocenters. The molecule has 3 nitrogen and oxygen atoms in total. The molecule has 5 heteroatoms. The van der Waals surface area contributed by atoms with Crippen molar-refractivity contribution in [3.05, 3.63) is 28.2 Å². The van der Waals surface area contributed by atoms with Crippen LogP contribution in [0, 0.1) is 0 Å². The molecule has 0 saturated heterocycles. The van der Waals surface area contributed by atoms with Gasteiger partial charge in [-0.05, 0) is 25.1 Å². The van der Waals surface area contributed by atoms with Gasteiger partial charge in [-0.25, -0.2) is 0 Å². The predicted molar refractivity (Wildman–Crippen MR) is 71.3 cm³/mol. The minimum atomic E-state index is 0.538. The highest BCUT2D eigenvalue weighted by Crippen LogP contribution is 2.31. The number of ether oxygens (including phenoxy) is 2. The lowest BCUT2D eigenvalue weighted by Gasteiger charge is -2.10. The highest BCUT2D eigenvalue weighted by Gasteiger charge is 2.05. The summed E-state index contributed by atoms with van der Waals surface area (Å²) < 4.78 is 10.5. The summed E-state index contributed by atoms with van der Waals surface area (Å²) in [5, 5.41) is 4.32. The van der Waals surface area contributed by atoms with Gasteiger partial charge in [0, 0.05) is 20.3 Å². The van der Waals surface area contributed by atoms with E-state index in [0.29, 0.717) is 22.4 Å². The summed E-state index contributed by atoms with van der Waals surface area (Å²) in [6.45, 7) is 2.97. The Morgan fingerprint density at radius 3 is 2.47 bits per heavy atom. The first-order valence-electron chi connectivity index (χ1n) is 5.52. The van der Waals surface area contributed by atoms with Crippen LogP contribution in [0.3, 0.4) is 0 Å². The molecule has 96 valence electrons. The second-order valence-electron chi connectivity index (χ2n) is 3.50. The van der Waals surface area contributed by atoms with Crippen molar-refractivity contribution in [1.29, 1.82) is 0 Å². The molecule has 0 aromatic heterocycles. The van der Waals surface area contributed by atoms with E-state index in [1.807, 2.05) is 0 Å². The Kier molecular flexibility index (Phi) is 7.37. The molecule has 0 bridgehead atoms. The van der Waals surface area contributed by atoms with Crippen LogP contribution in [0.5, 0.6) is 5.75 Å². The topological polar surface area (TPSA) is 30.5 Å². The molecular formula is C12H17Cl2NO2. The molecule has 0 saturated carbocycles. The molecule has 1 aromatic rings. The third kappa shape index (κ3) is 5.59. The summed E-state index contributed by atoms with van der Waals surface area (Å²) in [7, 11) is 1.70. The van der Waals surface area contributed by atoms with Crippen LogP contribution in [0.15, 0.2) is 18.2 Å². The number of halogens is 2. The van der Waals surface area contributed by atoms with E-state index in [4.69, 9.17) is 32.7 Å². The normalized spacial score (nSPS) is 10.5. The minimum absolute atomic E-state index is 0.538. The molecule has 0 fully saturated rings. The lowest BCUT2D eigenvalue weighted by atomic mass is 10.3. The van der Waals surface area contributed by atoms with E-state index in [9.17, 15) is 0 Å². The van der Waals surface area contributed by atoms with Crippen molar-refractivity contribution in [2.24, 2.45) is 0 Å². The van der Waals surface area contributed by atoms with Gasteiger partial charge in [0.1, 0.15) is 6.61 Å². The van der Waals surface area contributed by atoms with Gasteiger partial charge >= 0.3 is 0 Å². The van der Waals surface area contributed by atoms with Crippen molar-refractivity contribution in [3.63, 3.8) is 0 Å². The summed E-state index contributed by atoms with van der Waals surface area (Å²) in [6, 6.07) is 5.31. The molecule has 1 aromatic carbocycles. The van der Waals surface area contributed by atoms with Crippen LogP contribution in [0.2, 0.25) is 10.0 Å². The van der Waals surface area contributed by atoms with Gasteiger partial charge in [-0.1, -0.05) is 29.3 Å². The van der Waals surface area contributed by atoms with Gasteiger partial charge < -0.3 is 14.8 Å². The van der Waals surface area contributed by atoms with Crippen LogP contribution in [0.1, 0.15) is 6.42 Å². The second kappa shape index (κ2) is 8.59. The maximum atomic E-state index is 5.96. The Labute approximate surface area is 112 Å². The molecule has 0 spiro atoms. The van der Waals surface area contributed by atoms with Crippen LogP contribution >= 0.6 is 23.2 Å². The molecule has 0 heterocycles. The Morgan fingerprint density at radius 1 is 1.12 bits per heavy atom. The largest absolute Gasteiger partial charge is 0.489 e. The number of nitrogens with one attached hydrogen (secondary N) is 1. The van der Waals surface area contributed by atoms with E-state index in [1.54, 1.807) is 25.3 Å². The molecule has 0 aliphatic heterocycles. The fourth-order valence-electron chi connectivity index (χ4n) is 1.31. The number of benzene rings is 1. The molecule has 0 aliphatic rings. The first kappa shape index (κ1) is 14.6. The average Bonchev–Trinajstić information content (AvgIpc) is 2.31. The Balaban J connectivity index is 2.18. The summed E-state index contributed by atoms with van der Waals surface area (Å²) in [6.07, 6.45) is 0.989. The van der Waals surface area contributed by atoms with E-state index in [1.165, 1.54) is 0 Å². The van der Waals surface area contributed by atoms with Crippen molar-refractivity contribution in [2.45, 2.75) is 6.42 Å². The van der Waals surface area contributed by atoms with Gasteiger partial charge in [0.05, 0.1) is 10.0 Å². The number of methoxy groups -OCH3 is 1. The third-order valence-electron chi connectivity index (χ3n) is 2.15. The Morgan fingerprint density at radius 2 is 1.82 bits per heavy atom. The summed E-state index contributed by atoms with van der Waals surface area (Å²) in [5.41, 5.74) is 0. The Hall–Kier alpha value is -0.480. The second-order valence-corrected chi connectivity index (χ2v) is 4.31. The van der Waals surface area contributed by atoms with E-state index in [-0.39, 0.29) is 0 Å². The van der Waals surface area contributed by atoms with E-state index in [0.717, 1.165) is 26.1 Å². The van der Waals surface area contributed by atoms with Gasteiger partial charge in [-0.3, -0.25) is 0 Å². The first-order chi connectivity index (χ1) is 8.25. The number of rotatable bonds is 8. The fourth-order valence-corrected chi connectivity index (χ4v) is 1.82. The van der Waals surface area contributed by atoms with Gasteiger partial charge in [-0.2, -0.15) is 0 Å². The zero-order valence-corrected chi connectivity index (χ0v) is 11.4. The molecule has 1 N–H and O–H groups in total. The maximum Gasteiger partial charge on any atom is 0.156 e. The van der Waals surface area contributed by atoms with Crippen LogP contribution in [0.4, 0.5) is 0 Å². The lowest BCUT2D eigenvalue weighted by molar-refractivity contribution is 0.193. The van der Waals surface area contributed by atoms with Crippen molar-refractivity contribution in [3.8, 4) is 5.75 Å². The van der Waals surface area contributed by atoms with Crippen LogP contribution in [0.25, 0.3) is 0 Å². The van der Waals surface area contributed by atoms with E-state index in [2.05, 4.69) is 5.32 Å². The molecule has 0 radical (unpaired) electrons. The Bertz CT molecular complexity index is 314. The van der Waals surface area contributed by atoms with E-state index < -0.39 is 0 Å². The quantitative estimate of drug-likeness (QED) is 0.741. The maximum absolute atomic E-state index is 5.96. The highest BCUT2D eigenvalue weighted by atomic mass is 35.5. The molecule has 0 unspecified atom stereocenters. The fraction of sp³-hybridized carbons (Fsp3) is 0.500. The number of para-hydroxylation sites is 1. The minimum Gasteiger partial charge on any atom is -0.489 e. The monoisotopic (exact) mass is 277 g/mol. The van der Waals surface area contributed by atoms with Gasteiger partial charge in [0.2, 0.25) is 0 Å². The zero-order chi connectivity index (χ0) is 12.5. The zero-order valence-electron chi connectivity index (χ0n) is 9.84. The first-order valence-corrected chi connectivity index (χ1v) is 6.27.